The van der Waals surface area contributed by atoms with Crippen LogP contribution in [0.1, 0.15) is 35.6 Å². The number of sulfonamides is 1. The van der Waals surface area contributed by atoms with E-state index in [4.69, 9.17) is 0 Å². The first-order valence-electron chi connectivity index (χ1n) is 12.6. The molecule has 1 N–H and O–H groups in total. The Morgan fingerprint density at radius 3 is 2.17 bits per heavy atom. The van der Waals surface area contributed by atoms with Gasteiger partial charge in [-0.1, -0.05) is 55.0 Å². The van der Waals surface area contributed by atoms with E-state index in [0.29, 0.717) is 10.4 Å². The maximum Gasteiger partial charge on any atom is 0.416 e. The van der Waals surface area contributed by atoms with Gasteiger partial charge in [-0.15, -0.1) is 0 Å². The third-order valence-electron chi connectivity index (χ3n) is 6.58. The molecule has 0 spiro atoms. The second kappa shape index (κ2) is 12.5. The topological polar surface area (TPSA) is 86.8 Å². The molecule has 0 fully saturated rings. The molecule has 0 aliphatic rings. The van der Waals surface area contributed by atoms with Gasteiger partial charge in [-0.2, -0.15) is 13.2 Å². The number of nitrogens with one attached hydrogen (secondary N) is 1. The molecule has 0 saturated heterocycles. The number of nitrogens with zero attached hydrogens (tertiary/aromatic N) is 2. The van der Waals surface area contributed by atoms with Crippen molar-refractivity contribution >= 4 is 27.5 Å². The second-order valence-electron chi connectivity index (χ2n) is 9.36. The normalized spacial score (nSPS) is 12.5. The first kappa shape index (κ1) is 30.7. The van der Waals surface area contributed by atoms with Crippen molar-refractivity contribution in [3.05, 3.63) is 95.1 Å². The van der Waals surface area contributed by atoms with Crippen LogP contribution in [-0.4, -0.2) is 44.8 Å². The van der Waals surface area contributed by atoms with Gasteiger partial charge in [0.1, 0.15) is 12.6 Å². The van der Waals surface area contributed by atoms with E-state index in [2.05, 4.69) is 5.32 Å². The standard InChI is InChI=1S/C29H32F3N3O4S/c1-5-26(28(37)33-4)34(18-22-10-7-6-9-21(22)3)27(36)19-35(24-12-8-11-23(17-24)29(30,31)32)40(38,39)25-15-13-20(2)14-16-25/h6-17,26H,5,18-19H2,1-4H3,(H,33,37)/t26-/m1/s1. The lowest BCUT2D eigenvalue weighted by Crippen LogP contribution is -2.51. The summed E-state index contributed by atoms with van der Waals surface area (Å²) in [5, 5.41) is 2.53. The summed E-state index contributed by atoms with van der Waals surface area (Å²) in [5.41, 5.74) is 0.989. The van der Waals surface area contributed by atoms with E-state index in [1.54, 1.807) is 38.1 Å². The number of alkyl halides is 3. The number of likely N-dealkylation sites (N-methyl/N-ethyl adjacent to an activating group) is 1. The Morgan fingerprint density at radius 2 is 1.60 bits per heavy atom. The van der Waals surface area contributed by atoms with E-state index in [1.165, 1.54) is 30.1 Å². The van der Waals surface area contributed by atoms with Gasteiger partial charge in [0.05, 0.1) is 16.1 Å². The number of benzene rings is 3. The highest BCUT2D eigenvalue weighted by Gasteiger charge is 2.35. The number of hydrogen-bond donors (Lipinski definition) is 1. The van der Waals surface area contributed by atoms with Gasteiger partial charge < -0.3 is 10.2 Å². The van der Waals surface area contributed by atoms with Gasteiger partial charge in [0.15, 0.2) is 0 Å². The average molecular weight is 576 g/mol. The highest BCUT2D eigenvalue weighted by Crippen LogP contribution is 2.33. The Morgan fingerprint density at radius 1 is 0.950 bits per heavy atom. The zero-order chi connectivity index (χ0) is 29.7. The lowest BCUT2D eigenvalue weighted by atomic mass is 10.1. The number of anilines is 1. The number of amides is 2. The molecule has 0 saturated carbocycles. The fourth-order valence-electron chi connectivity index (χ4n) is 4.26. The quantitative estimate of drug-likeness (QED) is 0.366. The molecule has 7 nitrogen and oxygen atoms in total. The zero-order valence-corrected chi connectivity index (χ0v) is 23.5. The van der Waals surface area contributed by atoms with Crippen LogP contribution in [0.15, 0.2) is 77.7 Å². The van der Waals surface area contributed by atoms with Crippen molar-refractivity contribution in [1.29, 1.82) is 0 Å². The molecule has 1 atom stereocenters. The highest BCUT2D eigenvalue weighted by molar-refractivity contribution is 7.92. The molecule has 11 heteroatoms. The van der Waals surface area contributed by atoms with Crippen molar-refractivity contribution in [3.8, 4) is 0 Å². The molecule has 0 aliphatic carbocycles. The molecular weight excluding hydrogens is 543 g/mol. The van der Waals surface area contributed by atoms with Crippen LogP contribution < -0.4 is 9.62 Å². The number of hydrogen-bond acceptors (Lipinski definition) is 4. The van der Waals surface area contributed by atoms with Crippen molar-refractivity contribution in [3.63, 3.8) is 0 Å². The molecule has 3 aromatic carbocycles. The maximum atomic E-state index is 13.9. The molecule has 2 amide bonds. The molecule has 214 valence electrons. The van der Waals surface area contributed by atoms with Crippen LogP contribution >= 0.6 is 0 Å². The number of aryl methyl sites for hydroxylation is 2. The van der Waals surface area contributed by atoms with Crippen LogP contribution in [-0.2, 0) is 32.3 Å². The SMILES string of the molecule is CC[C@H](C(=O)NC)N(Cc1ccccc1C)C(=O)CN(c1cccc(C(F)(F)F)c1)S(=O)(=O)c1ccc(C)cc1. The molecule has 40 heavy (non-hydrogen) atoms. The van der Waals surface area contributed by atoms with Gasteiger partial charge in [-0.25, -0.2) is 8.42 Å². The summed E-state index contributed by atoms with van der Waals surface area (Å²) in [4.78, 5) is 27.7. The van der Waals surface area contributed by atoms with E-state index in [9.17, 15) is 31.2 Å². The summed E-state index contributed by atoms with van der Waals surface area (Å²) in [6, 6.07) is 15.9. The van der Waals surface area contributed by atoms with Crippen LogP contribution in [0.25, 0.3) is 0 Å². The molecule has 3 rings (SSSR count). The van der Waals surface area contributed by atoms with Crippen LogP contribution in [0.3, 0.4) is 0 Å². The van der Waals surface area contributed by atoms with Gasteiger partial charge in [0.2, 0.25) is 11.8 Å². The largest absolute Gasteiger partial charge is 0.416 e. The predicted molar refractivity (Wildman–Crippen MR) is 147 cm³/mol. The Hall–Kier alpha value is -3.86. The van der Waals surface area contributed by atoms with Gasteiger partial charge in [0, 0.05) is 13.6 Å². The number of carbonyl (C=O) groups is 2. The molecule has 0 unspecified atom stereocenters. The first-order chi connectivity index (χ1) is 18.8. The van der Waals surface area contributed by atoms with Crippen molar-refractivity contribution < 1.29 is 31.2 Å². The molecule has 0 aromatic heterocycles. The molecule has 3 aromatic rings. The minimum absolute atomic E-state index is 0.00154. The maximum absolute atomic E-state index is 13.9. The van der Waals surface area contributed by atoms with Gasteiger partial charge >= 0.3 is 6.18 Å². The van der Waals surface area contributed by atoms with Crippen LogP contribution in [0.5, 0.6) is 0 Å². The summed E-state index contributed by atoms with van der Waals surface area (Å²) in [6.45, 7) is 4.49. The minimum Gasteiger partial charge on any atom is -0.357 e. The second-order valence-corrected chi connectivity index (χ2v) is 11.2. The van der Waals surface area contributed by atoms with E-state index >= 15 is 0 Å². The molecule has 0 heterocycles. The predicted octanol–water partition coefficient (Wildman–Crippen LogP) is 5.07. The van der Waals surface area contributed by atoms with Gasteiger partial charge in [-0.05, 0) is 61.7 Å². The van der Waals surface area contributed by atoms with E-state index in [-0.39, 0.29) is 23.5 Å². The summed E-state index contributed by atoms with van der Waals surface area (Å²) >= 11 is 0. The minimum atomic E-state index is -4.73. The van der Waals surface area contributed by atoms with Crippen LogP contribution in [0.2, 0.25) is 0 Å². The molecular formula is C29H32F3N3O4S. The third-order valence-corrected chi connectivity index (χ3v) is 8.37. The summed E-state index contributed by atoms with van der Waals surface area (Å²) in [6.07, 6.45) is -4.51. The van der Waals surface area contributed by atoms with Crippen molar-refractivity contribution in [2.24, 2.45) is 0 Å². The Bertz CT molecular complexity index is 1460. The third kappa shape index (κ3) is 7.01. The monoisotopic (exact) mass is 575 g/mol. The zero-order valence-electron chi connectivity index (χ0n) is 22.7. The summed E-state index contributed by atoms with van der Waals surface area (Å²) in [7, 11) is -3.05. The Balaban J connectivity index is 2.13. The lowest BCUT2D eigenvalue weighted by molar-refractivity contribution is -0.140. The molecule has 0 bridgehead atoms. The summed E-state index contributed by atoms with van der Waals surface area (Å²) < 4.78 is 68.9. The highest BCUT2D eigenvalue weighted by atomic mass is 32.2. The Labute approximate surface area is 232 Å². The number of halogens is 3. The van der Waals surface area contributed by atoms with E-state index in [0.717, 1.165) is 28.8 Å². The average Bonchev–Trinajstić information content (AvgIpc) is 2.92. The Kier molecular flexibility index (Phi) is 9.62. The first-order valence-corrected chi connectivity index (χ1v) is 14.1. The van der Waals surface area contributed by atoms with E-state index < -0.39 is 46.2 Å². The van der Waals surface area contributed by atoms with E-state index in [1.807, 2.05) is 19.1 Å². The smallest absolute Gasteiger partial charge is 0.357 e. The van der Waals surface area contributed by atoms with Crippen LogP contribution in [0.4, 0.5) is 18.9 Å². The number of rotatable bonds is 10. The lowest BCUT2D eigenvalue weighted by Gasteiger charge is -2.33. The van der Waals surface area contributed by atoms with Crippen molar-refractivity contribution in [1.82, 2.24) is 10.2 Å². The van der Waals surface area contributed by atoms with Gasteiger partial charge in [-0.3, -0.25) is 13.9 Å². The fraction of sp³-hybridized carbons (Fsp3) is 0.310. The summed E-state index contributed by atoms with van der Waals surface area (Å²) in [5.74, 6) is -1.19. The number of carbonyl (C=O) groups excluding carboxylic acids is 2. The molecule has 0 radical (unpaired) electrons. The molecule has 0 aliphatic heterocycles. The fourth-order valence-corrected chi connectivity index (χ4v) is 5.67. The van der Waals surface area contributed by atoms with Crippen molar-refractivity contribution in [2.75, 3.05) is 17.9 Å². The van der Waals surface area contributed by atoms with Crippen molar-refractivity contribution in [2.45, 2.75) is 50.9 Å². The van der Waals surface area contributed by atoms with Crippen LogP contribution in [0, 0.1) is 13.8 Å². The van der Waals surface area contributed by atoms with Gasteiger partial charge in [0.25, 0.3) is 10.0 Å².